The number of carbonyl (C=O) groups excluding carboxylic acids is 2. The molecule has 2 aromatic carbocycles. The molecule has 2 amide bonds. The summed E-state index contributed by atoms with van der Waals surface area (Å²) in [5, 5.41) is 9.18. The highest BCUT2D eigenvalue weighted by Gasteiger charge is 2.66. The van der Waals surface area contributed by atoms with Crippen LogP contribution in [0, 0.1) is 11.2 Å². The normalized spacial score (nSPS) is 29.1. The molecule has 3 N–H and O–H groups in total. The maximum absolute atomic E-state index is 15.9. The highest BCUT2D eigenvalue weighted by Crippen LogP contribution is 2.57. The van der Waals surface area contributed by atoms with E-state index in [0.29, 0.717) is 22.7 Å². The van der Waals surface area contributed by atoms with Gasteiger partial charge in [-0.15, -0.1) is 0 Å². The summed E-state index contributed by atoms with van der Waals surface area (Å²) in [6.07, 6.45) is -6.53. The molecule has 3 aliphatic rings. The van der Waals surface area contributed by atoms with E-state index in [9.17, 15) is 22.8 Å². The van der Waals surface area contributed by atoms with Crippen LogP contribution in [0.5, 0.6) is 0 Å². The number of carbonyl (C=O) groups is 2. The topological polar surface area (TPSA) is 73.5 Å². The van der Waals surface area contributed by atoms with E-state index in [-0.39, 0.29) is 42.1 Å². The molecule has 6 atom stereocenters. The van der Waals surface area contributed by atoms with E-state index in [1.165, 1.54) is 17.0 Å². The van der Waals surface area contributed by atoms with Crippen molar-refractivity contribution in [3.8, 4) is 0 Å². The van der Waals surface area contributed by atoms with Crippen molar-refractivity contribution in [3.05, 3.63) is 63.4 Å². The average molecular weight is 662 g/mol. The number of nitrogens with one attached hydrogen (secondary N) is 3. The lowest BCUT2D eigenvalue weighted by atomic mass is 9.62. The molecule has 5 rings (SSSR count). The highest BCUT2D eigenvalue weighted by atomic mass is 35.5. The monoisotopic (exact) mass is 660 g/mol. The molecule has 240 valence electrons. The molecule has 44 heavy (non-hydrogen) atoms. The Hall–Kier alpha value is -2.47. The number of amides is 2. The van der Waals surface area contributed by atoms with Crippen molar-refractivity contribution in [1.82, 2.24) is 15.5 Å². The summed E-state index contributed by atoms with van der Waals surface area (Å²) in [5.41, 5.74) is -0.743. The van der Waals surface area contributed by atoms with Gasteiger partial charge in [-0.05, 0) is 47.6 Å². The third-order valence-corrected chi connectivity index (χ3v) is 9.41. The van der Waals surface area contributed by atoms with Crippen molar-refractivity contribution in [3.63, 3.8) is 0 Å². The number of fused-ring (bicyclic) bond motifs is 2. The van der Waals surface area contributed by atoms with Gasteiger partial charge in [0.25, 0.3) is 0 Å². The summed E-state index contributed by atoms with van der Waals surface area (Å²) in [5.74, 6) is -2.94. The second-order valence-corrected chi connectivity index (χ2v) is 14.0. The molecule has 0 aromatic heterocycles. The first-order valence-electron chi connectivity index (χ1n) is 14.6. The van der Waals surface area contributed by atoms with Gasteiger partial charge in [0.1, 0.15) is 17.4 Å². The molecule has 3 aliphatic heterocycles. The minimum atomic E-state index is -4.36. The zero-order valence-electron chi connectivity index (χ0n) is 24.5. The smallest absolute Gasteiger partial charge is 0.349 e. The number of hydrogen-bond acceptors (Lipinski definition) is 4. The van der Waals surface area contributed by atoms with Gasteiger partial charge < -0.3 is 16.0 Å². The van der Waals surface area contributed by atoms with Crippen LogP contribution >= 0.6 is 23.2 Å². The number of likely N-dealkylation sites (tertiary alicyclic amines) is 1. The van der Waals surface area contributed by atoms with Gasteiger partial charge in [-0.3, -0.25) is 14.5 Å². The Labute approximate surface area is 263 Å². The number of rotatable bonds is 6. The number of piperidine rings is 1. The first kappa shape index (κ1) is 32.9. The van der Waals surface area contributed by atoms with E-state index in [0.717, 1.165) is 0 Å². The van der Waals surface area contributed by atoms with Gasteiger partial charge >= 0.3 is 6.18 Å². The zero-order chi connectivity index (χ0) is 32.2. The maximum Gasteiger partial charge on any atom is 0.390 e. The van der Waals surface area contributed by atoms with E-state index in [1.54, 1.807) is 24.3 Å². The van der Waals surface area contributed by atoms with Gasteiger partial charge in [0.05, 0.1) is 23.5 Å². The number of alkyl halides is 4. The lowest BCUT2D eigenvalue weighted by Gasteiger charge is -2.38. The van der Waals surface area contributed by atoms with E-state index in [2.05, 4.69) is 16.0 Å². The van der Waals surface area contributed by atoms with Crippen molar-refractivity contribution in [2.75, 3.05) is 25.0 Å². The second kappa shape index (κ2) is 12.0. The summed E-state index contributed by atoms with van der Waals surface area (Å²) >= 11 is 12.5. The molecule has 0 radical (unpaired) electrons. The van der Waals surface area contributed by atoms with Crippen molar-refractivity contribution in [2.24, 2.45) is 5.41 Å². The third-order valence-electron chi connectivity index (χ3n) is 8.89. The van der Waals surface area contributed by atoms with Gasteiger partial charge in [-0.1, -0.05) is 62.2 Å². The van der Waals surface area contributed by atoms with Crippen LogP contribution in [0.25, 0.3) is 0 Å². The van der Waals surface area contributed by atoms with Gasteiger partial charge in [-0.25, -0.2) is 8.78 Å². The van der Waals surface area contributed by atoms with Gasteiger partial charge in [0.15, 0.2) is 0 Å². The fourth-order valence-electron chi connectivity index (χ4n) is 7.04. The molecule has 2 fully saturated rings. The Morgan fingerprint density at radius 3 is 2.55 bits per heavy atom. The van der Waals surface area contributed by atoms with Crippen LogP contribution in [-0.4, -0.2) is 66.8 Å². The quantitative estimate of drug-likeness (QED) is 0.315. The summed E-state index contributed by atoms with van der Waals surface area (Å²) < 4.78 is 69.3. The van der Waals surface area contributed by atoms with Crippen LogP contribution in [0.15, 0.2) is 36.4 Å². The lowest BCUT2D eigenvalue weighted by molar-refractivity contribution is -0.139. The fourth-order valence-corrected chi connectivity index (χ4v) is 7.40. The Balaban J connectivity index is 1.53. The molecule has 2 aromatic rings. The maximum atomic E-state index is 15.9. The molecule has 0 aliphatic carbocycles. The zero-order valence-corrected chi connectivity index (χ0v) is 26.0. The highest BCUT2D eigenvalue weighted by molar-refractivity contribution is 6.31. The molecule has 0 unspecified atom stereocenters. The Bertz CT molecular complexity index is 1430. The Kier molecular flexibility index (Phi) is 9.00. The molecule has 1 spiro atoms. The van der Waals surface area contributed by atoms with Crippen molar-refractivity contribution < 1.29 is 31.5 Å². The van der Waals surface area contributed by atoms with Crippen molar-refractivity contribution >= 4 is 40.7 Å². The minimum absolute atomic E-state index is 0.0540. The number of halogens is 7. The first-order valence-corrected chi connectivity index (χ1v) is 15.3. The molecule has 0 saturated carbocycles. The number of nitrogens with zero attached hydrogens (tertiary/aromatic N) is 1. The van der Waals surface area contributed by atoms with Crippen LogP contribution < -0.4 is 16.0 Å². The molecule has 13 heteroatoms. The summed E-state index contributed by atoms with van der Waals surface area (Å²) in [6.45, 7) is 5.53. The predicted molar refractivity (Wildman–Crippen MR) is 159 cm³/mol. The molecule has 2 saturated heterocycles. The largest absolute Gasteiger partial charge is 0.390 e. The van der Waals surface area contributed by atoms with Gasteiger partial charge in [0, 0.05) is 42.3 Å². The molecule has 0 bridgehead atoms. The van der Waals surface area contributed by atoms with E-state index < -0.39 is 65.9 Å². The summed E-state index contributed by atoms with van der Waals surface area (Å²) in [7, 11) is 0. The van der Waals surface area contributed by atoms with Crippen LogP contribution in [-0.2, 0) is 15.0 Å². The van der Waals surface area contributed by atoms with Crippen LogP contribution in [0.3, 0.4) is 0 Å². The van der Waals surface area contributed by atoms with Crippen LogP contribution in [0.1, 0.15) is 57.1 Å². The van der Waals surface area contributed by atoms with Crippen molar-refractivity contribution in [1.29, 1.82) is 0 Å². The van der Waals surface area contributed by atoms with Gasteiger partial charge in [0.2, 0.25) is 11.8 Å². The number of hydrogen-bond donors (Lipinski definition) is 3. The van der Waals surface area contributed by atoms with E-state index in [1.807, 2.05) is 20.8 Å². The van der Waals surface area contributed by atoms with E-state index in [4.69, 9.17) is 23.2 Å². The standard InChI is InChI=1S/C31H35Cl2F5N4O2/c1-29(2,3)14-23-31(18-8-7-16(32)13-22(18)40-28(31)44)24(17-5-4-6-19(33)25(17)35)26(41-23)27(43)39-21-9-11-42(15-20(21)34)12-10-30(36,37)38/h4-8,13,20-21,23-24,26,41H,9-12,14-15H2,1-3H3,(H,39,43)(H,40,44)/t20-,21+,23+,24-,26+,31-/m0/s1. The van der Waals surface area contributed by atoms with Crippen LogP contribution in [0.4, 0.5) is 27.6 Å². The van der Waals surface area contributed by atoms with Gasteiger partial charge in [-0.2, -0.15) is 13.2 Å². The number of benzene rings is 2. The second-order valence-electron chi connectivity index (χ2n) is 13.2. The number of anilines is 1. The first-order chi connectivity index (χ1) is 20.5. The molecule has 3 heterocycles. The average Bonchev–Trinajstić information content (AvgIpc) is 3.39. The summed E-state index contributed by atoms with van der Waals surface area (Å²) in [4.78, 5) is 29.7. The SMILES string of the molecule is CC(C)(C)C[C@H]1N[C@@H](C(=O)N[C@@H]2CCN(CCC(F)(F)F)C[C@@H]2F)[C@H](c2cccc(Cl)c2F)[C@@]12C(=O)Nc1cc(Cl)ccc12. The summed E-state index contributed by atoms with van der Waals surface area (Å²) in [6, 6.07) is 6.55. The molecule has 6 nitrogen and oxygen atoms in total. The predicted octanol–water partition coefficient (Wildman–Crippen LogP) is 6.36. The molecular weight excluding hydrogens is 626 g/mol. The molecular formula is C31H35Cl2F5N4O2. The lowest BCUT2D eigenvalue weighted by Crippen LogP contribution is -2.56. The van der Waals surface area contributed by atoms with E-state index >= 15 is 8.78 Å². The fraction of sp³-hybridized carbons (Fsp3) is 0.548. The van der Waals surface area contributed by atoms with Crippen LogP contribution in [0.2, 0.25) is 10.0 Å². The van der Waals surface area contributed by atoms with Crippen molar-refractivity contribution in [2.45, 2.75) is 81.8 Å². The Morgan fingerprint density at radius 2 is 1.89 bits per heavy atom. The minimum Gasteiger partial charge on any atom is -0.349 e. The third kappa shape index (κ3) is 6.30. The Morgan fingerprint density at radius 1 is 1.16 bits per heavy atom.